The van der Waals surface area contributed by atoms with Gasteiger partial charge in [0, 0.05) is 6.42 Å². The summed E-state index contributed by atoms with van der Waals surface area (Å²) in [7, 11) is 0. The number of rotatable bonds is 5. The molecule has 0 unspecified atom stereocenters. The van der Waals surface area contributed by atoms with Crippen molar-refractivity contribution in [3.63, 3.8) is 0 Å². The topological polar surface area (TPSA) is 143 Å². The van der Waals surface area contributed by atoms with Gasteiger partial charge in [-0.25, -0.2) is 4.98 Å². The number of Topliss-reactive ketones (excluding diaryl/α,β-unsaturated/α-hetero) is 1. The van der Waals surface area contributed by atoms with Gasteiger partial charge in [-0.15, -0.1) is 0 Å². The minimum absolute atomic E-state index is 0.00612. The molecule has 5 N–H and O–H groups in total. The predicted octanol–water partition coefficient (Wildman–Crippen LogP) is -0.0897. The Balaban J connectivity index is 2.93. The van der Waals surface area contributed by atoms with Gasteiger partial charge in [-0.1, -0.05) is 0 Å². The van der Waals surface area contributed by atoms with Crippen LogP contribution in [0.3, 0.4) is 0 Å². The Morgan fingerprint density at radius 1 is 1.56 bits per heavy atom. The molecule has 1 aromatic rings. The van der Waals surface area contributed by atoms with E-state index >= 15 is 0 Å². The SMILES string of the molecule is N#Cc1ncc(N)cc1C(=O)[C@@H](N)CCC(=O)O. The van der Waals surface area contributed by atoms with Gasteiger partial charge in [0.1, 0.15) is 6.07 Å². The Bertz CT molecular complexity index is 522. The van der Waals surface area contributed by atoms with Gasteiger partial charge in [0.2, 0.25) is 0 Å². The highest BCUT2D eigenvalue weighted by molar-refractivity contribution is 6.02. The summed E-state index contributed by atoms with van der Waals surface area (Å²) < 4.78 is 0. The molecule has 0 aliphatic heterocycles. The van der Waals surface area contributed by atoms with Crippen LogP contribution in [0.5, 0.6) is 0 Å². The number of hydrogen-bond acceptors (Lipinski definition) is 6. The highest BCUT2D eigenvalue weighted by atomic mass is 16.4. The Morgan fingerprint density at radius 3 is 2.78 bits per heavy atom. The van der Waals surface area contributed by atoms with Gasteiger partial charge in [0.25, 0.3) is 0 Å². The lowest BCUT2D eigenvalue weighted by Gasteiger charge is -2.10. The van der Waals surface area contributed by atoms with E-state index in [0.717, 1.165) is 0 Å². The van der Waals surface area contributed by atoms with E-state index in [0.29, 0.717) is 0 Å². The van der Waals surface area contributed by atoms with Crippen molar-refractivity contribution in [2.24, 2.45) is 5.73 Å². The Labute approximate surface area is 103 Å². The summed E-state index contributed by atoms with van der Waals surface area (Å²) in [5.41, 5.74) is 11.3. The maximum absolute atomic E-state index is 11.9. The van der Waals surface area contributed by atoms with Gasteiger partial charge >= 0.3 is 5.97 Å². The molecule has 1 aromatic heterocycles. The number of anilines is 1. The first-order chi connectivity index (χ1) is 8.45. The number of aliphatic carboxylic acids is 1. The molecular weight excluding hydrogens is 236 g/mol. The third-order valence-electron chi connectivity index (χ3n) is 2.29. The zero-order valence-corrected chi connectivity index (χ0v) is 9.46. The van der Waals surface area contributed by atoms with Crippen LogP contribution >= 0.6 is 0 Å². The molecular formula is C11H12N4O3. The lowest BCUT2D eigenvalue weighted by molar-refractivity contribution is -0.137. The minimum Gasteiger partial charge on any atom is -0.481 e. The molecule has 0 fully saturated rings. The van der Waals surface area contributed by atoms with Gasteiger partial charge in [-0.2, -0.15) is 5.26 Å². The second kappa shape index (κ2) is 5.75. The molecule has 0 saturated carbocycles. The Hall–Kier alpha value is -2.46. The first-order valence-electron chi connectivity index (χ1n) is 5.13. The number of carbonyl (C=O) groups is 2. The average molecular weight is 248 g/mol. The average Bonchev–Trinajstić information content (AvgIpc) is 2.34. The quantitative estimate of drug-likeness (QED) is 0.617. The van der Waals surface area contributed by atoms with E-state index in [1.54, 1.807) is 6.07 Å². The summed E-state index contributed by atoms with van der Waals surface area (Å²) in [6.07, 6.45) is 1.04. The predicted molar refractivity (Wildman–Crippen MR) is 62.5 cm³/mol. The highest BCUT2D eigenvalue weighted by Crippen LogP contribution is 2.13. The van der Waals surface area contributed by atoms with E-state index in [1.807, 2.05) is 0 Å². The summed E-state index contributed by atoms with van der Waals surface area (Å²) in [6, 6.07) is 2.09. The van der Waals surface area contributed by atoms with Crippen LogP contribution in [-0.2, 0) is 4.79 Å². The molecule has 1 atom stereocenters. The van der Waals surface area contributed by atoms with E-state index in [2.05, 4.69) is 4.98 Å². The molecule has 0 aliphatic carbocycles. The maximum atomic E-state index is 11.9. The number of hydrogen-bond donors (Lipinski definition) is 3. The molecule has 0 amide bonds. The number of carboxylic acid groups (broad SMARTS) is 1. The molecule has 0 bridgehead atoms. The summed E-state index contributed by atoms with van der Waals surface area (Å²) >= 11 is 0. The van der Waals surface area contributed by atoms with Crippen LogP contribution in [0.15, 0.2) is 12.3 Å². The molecule has 0 aromatic carbocycles. The van der Waals surface area contributed by atoms with Gasteiger partial charge in [0.05, 0.1) is 23.5 Å². The van der Waals surface area contributed by atoms with Crippen LogP contribution in [0.2, 0.25) is 0 Å². The minimum atomic E-state index is -1.04. The third kappa shape index (κ3) is 3.26. The molecule has 1 rings (SSSR count). The largest absolute Gasteiger partial charge is 0.481 e. The first-order valence-corrected chi connectivity index (χ1v) is 5.13. The van der Waals surface area contributed by atoms with Crippen LogP contribution in [0.1, 0.15) is 28.9 Å². The standard InChI is InChI=1S/C11H12N4O3/c12-4-9-7(3-6(13)5-15-9)11(18)8(14)1-2-10(16)17/h3,5,8H,1-2,13-14H2,(H,16,17)/t8-/m0/s1. The number of nitrogens with two attached hydrogens (primary N) is 2. The highest BCUT2D eigenvalue weighted by Gasteiger charge is 2.20. The fraction of sp³-hybridized carbons (Fsp3) is 0.273. The van der Waals surface area contributed by atoms with Crippen molar-refractivity contribution in [1.29, 1.82) is 5.26 Å². The van der Waals surface area contributed by atoms with Crippen molar-refractivity contribution in [3.05, 3.63) is 23.5 Å². The van der Waals surface area contributed by atoms with E-state index in [1.165, 1.54) is 12.3 Å². The molecule has 7 heteroatoms. The molecule has 18 heavy (non-hydrogen) atoms. The second-order valence-corrected chi connectivity index (χ2v) is 3.68. The summed E-state index contributed by atoms with van der Waals surface area (Å²) in [5.74, 6) is -1.57. The van der Waals surface area contributed by atoms with Crippen LogP contribution in [0.4, 0.5) is 5.69 Å². The molecule has 1 heterocycles. The van der Waals surface area contributed by atoms with Gasteiger partial charge < -0.3 is 16.6 Å². The van der Waals surface area contributed by atoms with Gasteiger partial charge in [-0.05, 0) is 12.5 Å². The number of aromatic nitrogens is 1. The van der Waals surface area contributed by atoms with E-state index in [-0.39, 0.29) is 29.8 Å². The van der Waals surface area contributed by atoms with Crippen LogP contribution in [0.25, 0.3) is 0 Å². The van der Waals surface area contributed by atoms with Crippen LogP contribution in [-0.4, -0.2) is 27.9 Å². The number of carbonyl (C=O) groups excluding carboxylic acids is 1. The zero-order chi connectivity index (χ0) is 13.7. The van der Waals surface area contributed by atoms with E-state index in [9.17, 15) is 9.59 Å². The Kier molecular flexibility index (Phi) is 4.34. The molecule has 94 valence electrons. The lowest BCUT2D eigenvalue weighted by atomic mass is 9.99. The number of nitrogen functional groups attached to an aromatic ring is 1. The normalized spacial score (nSPS) is 11.6. The van der Waals surface area contributed by atoms with Gasteiger partial charge in [0.15, 0.2) is 11.5 Å². The maximum Gasteiger partial charge on any atom is 0.303 e. The van der Waals surface area contributed by atoms with Crippen molar-refractivity contribution < 1.29 is 14.7 Å². The van der Waals surface area contributed by atoms with Gasteiger partial charge in [-0.3, -0.25) is 9.59 Å². The van der Waals surface area contributed by atoms with Crippen LogP contribution in [0, 0.1) is 11.3 Å². The summed E-state index contributed by atoms with van der Waals surface area (Å²) in [6.45, 7) is 0. The number of carboxylic acids is 1. The van der Waals surface area contributed by atoms with E-state index < -0.39 is 17.8 Å². The van der Waals surface area contributed by atoms with Crippen LogP contribution < -0.4 is 11.5 Å². The fourth-order valence-electron chi connectivity index (χ4n) is 1.37. The van der Waals surface area contributed by atoms with Crippen molar-refractivity contribution in [3.8, 4) is 6.07 Å². The summed E-state index contributed by atoms with van der Waals surface area (Å²) in [5, 5.41) is 17.3. The zero-order valence-electron chi connectivity index (χ0n) is 9.46. The Morgan fingerprint density at radius 2 is 2.22 bits per heavy atom. The molecule has 7 nitrogen and oxygen atoms in total. The smallest absolute Gasteiger partial charge is 0.303 e. The third-order valence-corrected chi connectivity index (χ3v) is 2.29. The fourth-order valence-corrected chi connectivity index (χ4v) is 1.37. The molecule has 0 radical (unpaired) electrons. The monoisotopic (exact) mass is 248 g/mol. The van der Waals surface area contributed by atoms with Crippen molar-refractivity contribution in [1.82, 2.24) is 4.98 Å². The molecule has 0 saturated heterocycles. The number of nitriles is 1. The molecule has 0 aliphatic rings. The van der Waals surface area contributed by atoms with E-state index in [4.69, 9.17) is 21.8 Å². The number of nitrogens with zero attached hydrogens (tertiary/aromatic N) is 2. The number of ketones is 1. The first kappa shape index (κ1) is 13.6. The summed E-state index contributed by atoms with van der Waals surface area (Å²) in [4.78, 5) is 26.0. The molecule has 0 spiro atoms. The van der Waals surface area contributed by atoms with Crippen molar-refractivity contribution in [2.45, 2.75) is 18.9 Å². The second-order valence-electron chi connectivity index (χ2n) is 3.68. The van der Waals surface area contributed by atoms with Crippen molar-refractivity contribution in [2.75, 3.05) is 5.73 Å². The van der Waals surface area contributed by atoms with Crippen molar-refractivity contribution >= 4 is 17.4 Å². The number of pyridine rings is 1. The lowest BCUT2D eigenvalue weighted by Crippen LogP contribution is -2.32.